The highest BCUT2D eigenvalue weighted by atomic mass is 19.1. The van der Waals surface area contributed by atoms with Crippen molar-refractivity contribution < 1.29 is 32.8 Å². The SMILES string of the molecule is CC1(C)O[C@H]2[C@@H](O1)[C@@H](COc1nc(NCc3cccc(F)c3)nc(NC3CC3)n1)O[C@@H]1OC(C)(C)O[C@@H]12. The van der Waals surface area contributed by atoms with Gasteiger partial charge in [-0.05, 0) is 58.2 Å². The summed E-state index contributed by atoms with van der Waals surface area (Å²) in [4.78, 5) is 13.3. The minimum absolute atomic E-state index is 0.101. The van der Waals surface area contributed by atoms with Gasteiger partial charge < -0.3 is 39.1 Å². The van der Waals surface area contributed by atoms with Gasteiger partial charge in [-0.25, -0.2) is 4.39 Å². The molecule has 4 aliphatic rings. The molecule has 0 unspecified atom stereocenters. The van der Waals surface area contributed by atoms with Crippen molar-refractivity contribution in [3.63, 3.8) is 0 Å². The van der Waals surface area contributed by atoms with E-state index >= 15 is 0 Å². The fourth-order valence-corrected chi connectivity index (χ4v) is 4.79. The van der Waals surface area contributed by atoms with Gasteiger partial charge in [0.1, 0.15) is 36.8 Å². The van der Waals surface area contributed by atoms with Crippen molar-refractivity contribution in [2.75, 3.05) is 17.2 Å². The Balaban J connectivity index is 1.17. The van der Waals surface area contributed by atoms with Crippen molar-refractivity contribution in [1.29, 1.82) is 0 Å². The van der Waals surface area contributed by atoms with Crippen LogP contribution in [0.25, 0.3) is 0 Å². The zero-order valence-electron chi connectivity index (χ0n) is 21.3. The van der Waals surface area contributed by atoms with Gasteiger partial charge in [-0.2, -0.15) is 15.0 Å². The van der Waals surface area contributed by atoms with Gasteiger partial charge in [0.25, 0.3) is 0 Å². The molecule has 2 aromatic rings. The second-order valence-corrected chi connectivity index (χ2v) is 10.7. The van der Waals surface area contributed by atoms with Crippen molar-refractivity contribution >= 4 is 11.9 Å². The van der Waals surface area contributed by atoms with Crippen LogP contribution in [-0.4, -0.2) is 69.9 Å². The van der Waals surface area contributed by atoms with Gasteiger partial charge in [0, 0.05) is 12.6 Å². The van der Waals surface area contributed by atoms with E-state index in [1.807, 2.05) is 33.8 Å². The summed E-state index contributed by atoms with van der Waals surface area (Å²) in [6.45, 7) is 7.84. The molecule has 1 saturated carbocycles. The molecule has 200 valence electrons. The molecule has 0 amide bonds. The first-order valence-corrected chi connectivity index (χ1v) is 12.6. The van der Waals surface area contributed by atoms with E-state index in [0.717, 1.165) is 18.4 Å². The number of benzene rings is 1. The number of nitrogens with zero attached hydrogens (tertiary/aromatic N) is 3. The van der Waals surface area contributed by atoms with Crippen LogP contribution in [0, 0.1) is 5.82 Å². The molecule has 0 radical (unpaired) electrons. The van der Waals surface area contributed by atoms with E-state index in [4.69, 9.17) is 28.4 Å². The molecule has 12 heteroatoms. The van der Waals surface area contributed by atoms with Gasteiger partial charge in [-0.15, -0.1) is 0 Å². The quantitative estimate of drug-likeness (QED) is 0.538. The molecule has 5 atom stereocenters. The van der Waals surface area contributed by atoms with Crippen LogP contribution in [0.15, 0.2) is 24.3 Å². The molecule has 11 nitrogen and oxygen atoms in total. The first kappa shape index (κ1) is 24.7. The third-order valence-corrected chi connectivity index (χ3v) is 6.49. The lowest BCUT2D eigenvalue weighted by Crippen LogP contribution is -2.56. The van der Waals surface area contributed by atoms with E-state index in [0.29, 0.717) is 24.5 Å². The fraction of sp³-hybridized carbons (Fsp3) is 0.640. The Morgan fingerprint density at radius 1 is 0.946 bits per heavy atom. The molecule has 0 bridgehead atoms. The Kier molecular flexibility index (Phi) is 6.19. The first-order chi connectivity index (χ1) is 17.6. The number of nitrogens with one attached hydrogen (secondary N) is 2. The summed E-state index contributed by atoms with van der Waals surface area (Å²) in [5.41, 5.74) is 0.762. The largest absolute Gasteiger partial charge is 0.460 e. The average molecular weight is 518 g/mol. The highest BCUT2D eigenvalue weighted by Gasteiger charge is 2.60. The van der Waals surface area contributed by atoms with Crippen molar-refractivity contribution in [2.45, 2.75) is 95.4 Å². The number of hydrogen-bond acceptors (Lipinski definition) is 11. The van der Waals surface area contributed by atoms with Gasteiger partial charge >= 0.3 is 6.01 Å². The first-order valence-electron chi connectivity index (χ1n) is 12.6. The molecule has 4 heterocycles. The molecule has 37 heavy (non-hydrogen) atoms. The van der Waals surface area contributed by atoms with Crippen molar-refractivity contribution in [2.24, 2.45) is 0 Å². The molecule has 1 aromatic carbocycles. The van der Waals surface area contributed by atoms with Gasteiger partial charge in [-0.3, -0.25) is 0 Å². The monoisotopic (exact) mass is 517 g/mol. The van der Waals surface area contributed by atoms with E-state index < -0.39 is 36.2 Å². The zero-order valence-corrected chi connectivity index (χ0v) is 21.3. The molecule has 4 fully saturated rings. The summed E-state index contributed by atoms with van der Waals surface area (Å²) in [5, 5.41) is 6.40. The highest BCUT2D eigenvalue weighted by Crippen LogP contribution is 2.44. The molecule has 0 spiro atoms. The maximum atomic E-state index is 13.6. The number of hydrogen-bond donors (Lipinski definition) is 2. The number of fused-ring (bicyclic) bond motifs is 3. The maximum Gasteiger partial charge on any atom is 0.323 e. The molecule has 1 aromatic heterocycles. The van der Waals surface area contributed by atoms with Gasteiger partial charge in [0.05, 0.1) is 0 Å². The van der Waals surface area contributed by atoms with E-state index in [9.17, 15) is 4.39 Å². The van der Waals surface area contributed by atoms with E-state index in [1.165, 1.54) is 12.1 Å². The smallest absolute Gasteiger partial charge is 0.323 e. The van der Waals surface area contributed by atoms with Crippen LogP contribution in [0.4, 0.5) is 16.3 Å². The predicted molar refractivity (Wildman–Crippen MR) is 128 cm³/mol. The third kappa shape index (κ3) is 5.63. The second kappa shape index (κ2) is 9.28. The average Bonchev–Trinajstić information content (AvgIpc) is 3.49. The maximum absolute atomic E-state index is 13.6. The number of rotatable bonds is 8. The molecule has 2 N–H and O–H groups in total. The summed E-state index contributed by atoms with van der Waals surface area (Å²) >= 11 is 0. The van der Waals surface area contributed by atoms with Gasteiger partial charge in [0.2, 0.25) is 11.9 Å². The van der Waals surface area contributed by atoms with E-state index in [2.05, 4.69) is 25.6 Å². The summed E-state index contributed by atoms with van der Waals surface area (Å²) < 4.78 is 50.1. The number of aromatic nitrogens is 3. The van der Waals surface area contributed by atoms with Crippen LogP contribution >= 0.6 is 0 Å². The third-order valence-electron chi connectivity index (χ3n) is 6.49. The number of anilines is 2. The van der Waals surface area contributed by atoms with Crippen molar-refractivity contribution in [1.82, 2.24) is 15.0 Å². The minimum Gasteiger partial charge on any atom is -0.460 e. The molecule has 3 aliphatic heterocycles. The Morgan fingerprint density at radius 2 is 1.68 bits per heavy atom. The Bertz CT molecular complexity index is 1150. The van der Waals surface area contributed by atoms with Crippen LogP contribution in [0.5, 0.6) is 6.01 Å². The van der Waals surface area contributed by atoms with Crippen LogP contribution in [0.3, 0.4) is 0 Å². The molecular weight excluding hydrogens is 485 g/mol. The minimum atomic E-state index is -0.801. The van der Waals surface area contributed by atoms with Gasteiger partial charge in [0.15, 0.2) is 17.9 Å². The predicted octanol–water partition coefficient (Wildman–Crippen LogP) is 2.97. The molecular formula is C25H32FN5O6. The van der Waals surface area contributed by atoms with Crippen LogP contribution in [0.1, 0.15) is 46.1 Å². The summed E-state index contributed by atoms with van der Waals surface area (Å²) in [5.74, 6) is -1.18. The Morgan fingerprint density at radius 3 is 2.46 bits per heavy atom. The lowest BCUT2D eigenvalue weighted by Gasteiger charge is -2.36. The van der Waals surface area contributed by atoms with Crippen LogP contribution in [-0.2, 0) is 30.2 Å². The lowest BCUT2D eigenvalue weighted by molar-refractivity contribution is -0.238. The van der Waals surface area contributed by atoms with Crippen molar-refractivity contribution in [3.8, 4) is 6.01 Å². The second-order valence-electron chi connectivity index (χ2n) is 10.7. The Hall–Kier alpha value is -2.64. The van der Waals surface area contributed by atoms with Crippen LogP contribution < -0.4 is 15.4 Å². The fourth-order valence-electron chi connectivity index (χ4n) is 4.79. The zero-order chi connectivity index (χ0) is 25.8. The molecule has 6 rings (SSSR count). The molecule has 1 aliphatic carbocycles. The summed E-state index contributed by atoms with van der Waals surface area (Å²) in [7, 11) is 0. The van der Waals surface area contributed by atoms with Gasteiger partial charge in [-0.1, -0.05) is 12.1 Å². The van der Waals surface area contributed by atoms with E-state index in [-0.39, 0.29) is 24.5 Å². The lowest BCUT2D eigenvalue weighted by atomic mass is 9.99. The normalized spacial score (nSPS) is 31.4. The van der Waals surface area contributed by atoms with Crippen LogP contribution in [0.2, 0.25) is 0 Å². The Labute approximate surface area is 214 Å². The highest BCUT2D eigenvalue weighted by molar-refractivity contribution is 5.38. The van der Waals surface area contributed by atoms with E-state index in [1.54, 1.807) is 6.07 Å². The molecule has 3 saturated heterocycles. The topological polar surface area (TPSA) is 118 Å². The van der Waals surface area contributed by atoms with Crippen molar-refractivity contribution in [3.05, 3.63) is 35.6 Å². The standard InChI is InChI=1S/C25H32FN5O6/c1-24(2)34-17-16(33-20-19(18(17)35-24)36-25(3,4)37-20)12-32-23-30-21(29-22(31-23)28-15-8-9-15)27-11-13-6-5-7-14(26)10-13/h5-7,10,15-20H,8-9,11-12H2,1-4H3,(H2,27,28,29,30,31)/t16-,17+,18+,19-,20-/m1/s1. The number of ether oxygens (including phenoxy) is 6. The number of halogens is 1. The summed E-state index contributed by atoms with van der Waals surface area (Å²) in [6, 6.07) is 6.81. The summed E-state index contributed by atoms with van der Waals surface area (Å²) in [6.07, 6.45) is -0.226.